The number of nitrogens with zero attached hydrogens (tertiary/aromatic N) is 1. The molecule has 1 aromatic carbocycles. The van der Waals surface area contributed by atoms with Gasteiger partial charge in [-0.1, -0.05) is 23.9 Å². The number of hydrogen-bond acceptors (Lipinski definition) is 4. The lowest BCUT2D eigenvalue weighted by atomic mass is 10.2. The van der Waals surface area contributed by atoms with Gasteiger partial charge in [0.1, 0.15) is 5.52 Å². The largest absolute Gasteiger partial charge is 0.431 e. The highest BCUT2D eigenvalue weighted by molar-refractivity contribution is 7.99. The van der Waals surface area contributed by atoms with E-state index in [1.165, 1.54) is 12.8 Å². The van der Waals surface area contributed by atoms with Crippen LogP contribution in [-0.4, -0.2) is 23.8 Å². The van der Waals surface area contributed by atoms with Gasteiger partial charge >= 0.3 is 0 Å². The summed E-state index contributed by atoms with van der Waals surface area (Å²) >= 11 is 1.71. The number of benzene rings is 1. The van der Waals surface area contributed by atoms with E-state index in [1.54, 1.807) is 11.8 Å². The molecule has 0 bridgehead atoms. The van der Waals surface area contributed by atoms with Crippen LogP contribution in [0.3, 0.4) is 0 Å². The number of oxazole rings is 1. The molecular weight excluding hydrogens is 232 g/mol. The van der Waals surface area contributed by atoms with Crippen molar-refractivity contribution in [3.8, 4) is 0 Å². The molecule has 1 aliphatic carbocycles. The van der Waals surface area contributed by atoms with Crippen molar-refractivity contribution in [3.05, 3.63) is 24.3 Å². The number of rotatable bonds is 5. The average Bonchev–Trinajstić information content (AvgIpc) is 3.09. The van der Waals surface area contributed by atoms with Crippen LogP contribution in [0.4, 0.5) is 0 Å². The van der Waals surface area contributed by atoms with Crippen LogP contribution in [0.15, 0.2) is 33.9 Å². The first-order valence-corrected chi connectivity index (χ1v) is 7.01. The highest BCUT2D eigenvalue weighted by Crippen LogP contribution is 2.35. The third kappa shape index (κ3) is 2.48. The van der Waals surface area contributed by atoms with Gasteiger partial charge in [0.05, 0.1) is 0 Å². The van der Waals surface area contributed by atoms with Gasteiger partial charge in [-0.2, -0.15) is 0 Å². The van der Waals surface area contributed by atoms with Crippen LogP contribution in [0, 0.1) is 5.92 Å². The molecule has 2 aromatic rings. The van der Waals surface area contributed by atoms with Gasteiger partial charge in [0.15, 0.2) is 5.58 Å². The van der Waals surface area contributed by atoms with Crippen molar-refractivity contribution in [2.45, 2.75) is 24.1 Å². The maximum absolute atomic E-state index is 5.69. The Kier molecular flexibility index (Phi) is 3.07. The van der Waals surface area contributed by atoms with Crippen LogP contribution < -0.4 is 5.32 Å². The quantitative estimate of drug-likeness (QED) is 0.826. The Morgan fingerprint density at radius 3 is 3.00 bits per heavy atom. The van der Waals surface area contributed by atoms with Crippen LogP contribution in [0.1, 0.15) is 12.8 Å². The third-order valence-electron chi connectivity index (χ3n) is 3.22. The van der Waals surface area contributed by atoms with Gasteiger partial charge in [0.2, 0.25) is 0 Å². The molecule has 1 atom stereocenters. The normalized spacial score (nSPS) is 17.5. The van der Waals surface area contributed by atoms with E-state index in [0.29, 0.717) is 6.04 Å². The number of aromatic nitrogens is 1. The van der Waals surface area contributed by atoms with Crippen molar-refractivity contribution in [2.75, 3.05) is 12.8 Å². The van der Waals surface area contributed by atoms with Gasteiger partial charge in [-0.3, -0.25) is 0 Å². The Morgan fingerprint density at radius 2 is 2.29 bits per heavy atom. The topological polar surface area (TPSA) is 38.1 Å². The number of hydrogen-bond donors (Lipinski definition) is 1. The fourth-order valence-corrected chi connectivity index (χ4v) is 3.10. The molecule has 4 heteroatoms. The van der Waals surface area contributed by atoms with Crippen LogP contribution in [0.25, 0.3) is 11.1 Å². The first-order chi connectivity index (χ1) is 8.36. The van der Waals surface area contributed by atoms with Gasteiger partial charge in [-0.25, -0.2) is 4.98 Å². The zero-order valence-corrected chi connectivity index (χ0v) is 10.7. The summed E-state index contributed by atoms with van der Waals surface area (Å²) in [7, 11) is 2.04. The summed E-state index contributed by atoms with van der Waals surface area (Å²) in [6, 6.07) is 8.50. The SMILES string of the molecule is CNC(CSc1nc2ccccc2o1)C1CC1. The van der Waals surface area contributed by atoms with Gasteiger partial charge in [0, 0.05) is 11.8 Å². The lowest BCUT2D eigenvalue weighted by Crippen LogP contribution is -2.29. The maximum atomic E-state index is 5.69. The predicted octanol–water partition coefficient (Wildman–Crippen LogP) is 2.92. The molecular formula is C13H16N2OS. The molecule has 1 unspecified atom stereocenters. The zero-order valence-electron chi connectivity index (χ0n) is 9.85. The summed E-state index contributed by atoms with van der Waals surface area (Å²) in [4.78, 5) is 4.47. The molecule has 0 amide bonds. The van der Waals surface area contributed by atoms with Crippen LogP contribution >= 0.6 is 11.8 Å². The van der Waals surface area contributed by atoms with E-state index in [0.717, 1.165) is 28.0 Å². The van der Waals surface area contributed by atoms with Crippen molar-refractivity contribution < 1.29 is 4.42 Å². The van der Waals surface area contributed by atoms with Crippen molar-refractivity contribution in [1.82, 2.24) is 10.3 Å². The lowest BCUT2D eigenvalue weighted by Gasteiger charge is -2.12. The van der Waals surface area contributed by atoms with E-state index in [9.17, 15) is 0 Å². The first kappa shape index (κ1) is 11.1. The second-order valence-corrected chi connectivity index (χ2v) is 5.46. The number of thioether (sulfide) groups is 1. The summed E-state index contributed by atoms with van der Waals surface area (Å²) in [6.45, 7) is 0. The van der Waals surface area contributed by atoms with Crippen molar-refractivity contribution in [1.29, 1.82) is 0 Å². The third-order valence-corrected chi connectivity index (χ3v) is 4.17. The zero-order chi connectivity index (χ0) is 11.7. The maximum Gasteiger partial charge on any atom is 0.256 e. The van der Waals surface area contributed by atoms with Crippen LogP contribution in [0.5, 0.6) is 0 Å². The van der Waals surface area contributed by atoms with E-state index < -0.39 is 0 Å². The molecule has 0 aliphatic heterocycles. The van der Waals surface area contributed by atoms with E-state index in [-0.39, 0.29) is 0 Å². The molecule has 1 saturated carbocycles. The van der Waals surface area contributed by atoms with E-state index in [1.807, 2.05) is 31.3 Å². The Labute approximate surface area is 105 Å². The molecule has 1 heterocycles. The fraction of sp³-hybridized carbons (Fsp3) is 0.462. The first-order valence-electron chi connectivity index (χ1n) is 6.02. The summed E-state index contributed by atoms with van der Waals surface area (Å²) in [5.74, 6) is 1.89. The smallest absolute Gasteiger partial charge is 0.256 e. The molecule has 1 N–H and O–H groups in total. The minimum absolute atomic E-state index is 0.593. The molecule has 3 rings (SSSR count). The Bertz CT molecular complexity index is 474. The molecule has 1 aliphatic rings. The second-order valence-electron chi connectivity index (χ2n) is 4.49. The number of nitrogens with one attached hydrogen (secondary N) is 1. The second kappa shape index (κ2) is 4.70. The molecule has 3 nitrogen and oxygen atoms in total. The fourth-order valence-electron chi connectivity index (χ4n) is 2.03. The Balaban J connectivity index is 1.67. The highest BCUT2D eigenvalue weighted by atomic mass is 32.2. The van der Waals surface area contributed by atoms with Crippen molar-refractivity contribution in [2.24, 2.45) is 5.92 Å². The molecule has 90 valence electrons. The number of para-hydroxylation sites is 2. The summed E-state index contributed by atoms with van der Waals surface area (Å²) in [5, 5.41) is 4.16. The minimum atomic E-state index is 0.593. The summed E-state index contributed by atoms with van der Waals surface area (Å²) in [5.41, 5.74) is 1.82. The van der Waals surface area contributed by atoms with E-state index in [2.05, 4.69) is 10.3 Å². The Hall–Kier alpha value is -1.00. The minimum Gasteiger partial charge on any atom is -0.431 e. The molecule has 0 radical (unpaired) electrons. The van der Waals surface area contributed by atoms with E-state index >= 15 is 0 Å². The van der Waals surface area contributed by atoms with Crippen molar-refractivity contribution >= 4 is 22.9 Å². The van der Waals surface area contributed by atoms with Gasteiger partial charge in [-0.05, 0) is 37.9 Å². The van der Waals surface area contributed by atoms with Gasteiger partial charge in [-0.15, -0.1) is 0 Å². The molecule has 0 saturated heterocycles. The van der Waals surface area contributed by atoms with Crippen LogP contribution in [-0.2, 0) is 0 Å². The van der Waals surface area contributed by atoms with Crippen molar-refractivity contribution in [3.63, 3.8) is 0 Å². The van der Waals surface area contributed by atoms with Gasteiger partial charge < -0.3 is 9.73 Å². The van der Waals surface area contributed by atoms with E-state index in [4.69, 9.17) is 4.42 Å². The molecule has 1 aromatic heterocycles. The molecule has 17 heavy (non-hydrogen) atoms. The number of fused-ring (bicyclic) bond motifs is 1. The van der Waals surface area contributed by atoms with Crippen LogP contribution in [0.2, 0.25) is 0 Å². The summed E-state index contributed by atoms with van der Waals surface area (Å²) < 4.78 is 5.69. The molecule has 0 spiro atoms. The Morgan fingerprint density at radius 1 is 1.47 bits per heavy atom. The standard InChI is InChI=1S/C13H16N2OS/c1-14-11(9-6-7-9)8-17-13-15-10-4-2-3-5-12(10)16-13/h2-5,9,11,14H,6-8H2,1H3. The molecule has 1 fully saturated rings. The average molecular weight is 248 g/mol. The lowest BCUT2D eigenvalue weighted by molar-refractivity contribution is 0.486. The highest BCUT2D eigenvalue weighted by Gasteiger charge is 2.30. The predicted molar refractivity (Wildman–Crippen MR) is 70.3 cm³/mol. The van der Waals surface area contributed by atoms with Gasteiger partial charge in [0.25, 0.3) is 5.22 Å². The monoisotopic (exact) mass is 248 g/mol. The summed E-state index contributed by atoms with van der Waals surface area (Å²) in [6.07, 6.45) is 2.72.